The van der Waals surface area contributed by atoms with Gasteiger partial charge in [-0.1, -0.05) is 0 Å². The minimum absolute atomic E-state index is 0.197. The Bertz CT molecular complexity index is 588. The van der Waals surface area contributed by atoms with Gasteiger partial charge in [-0.05, 0) is 32.0 Å². The van der Waals surface area contributed by atoms with Gasteiger partial charge in [-0.25, -0.2) is 4.39 Å². The van der Waals surface area contributed by atoms with E-state index in [2.05, 4.69) is 5.43 Å². The SMILES string of the molecule is Cc1ccc(C)n1Nc1ccc([N+](=O)[O-])cc1F. The number of benzene rings is 1. The van der Waals surface area contributed by atoms with Crippen molar-refractivity contribution in [2.75, 3.05) is 5.43 Å². The van der Waals surface area contributed by atoms with Gasteiger partial charge in [-0.2, -0.15) is 0 Å². The molecule has 0 aliphatic carbocycles. The number of aromatic nitrogens is 1. The van der Waals surface area contributed by atoms with Crippen LogP contribution in [0.1, 0.15) is 11.4 Å². The van der Waals surface area contributed by atoms with E-state index in [1.165, 1.54) is 12.1 Å². The lowest BCUT2D eigenvalue weighted by molar-refractivity contribution is -0.385. The highest BCUT2D eigenvalue weighted by Gasteiger charge is 2.11. The van der Waals surface area contributed by atoms with Gasteiger partial charge in [0, 0.05) is 17.5 Å². The van der Waals surface area contributed by atoms with Gasteiger partial charge in [0.2, 0.25) is 0 Å². The molecule has 0 atom stereocenters. The second-order valence-electron chi connectivity index (χ2n) is 3.98. The molecule has 0 bridgehead atoms. The summed E-state index contributed by atoms with van der Waals surface area (Å²) >= 11 is 0. The number of nitro groups is 1. The quantitative estimate of drug-likeness (QED) is 0.671. The van der Waals surface area contributed by atoms with Crippen LogP contribution >= 0.6 is 0 Å². The van der Waals surface area contributed by atoms with Crippen LogP contribution in [0.3, 0.4) is 0 Å². The van der Waals surface area contributed by atoms with Crippen molar-refractivity contribution in [2.45, 2.75) is 13.8 Å². The molecule has 5 nitrogen and oxygen atoms in total. The molecule has 6 heteroatoms. The third kappa shape index (κ3) is 2.17. The molecule has 1 N–H and O–H groups in total. The lowest BCUT2D eigenvalue weighted by atomic mass is 10.3. The van der Waals surface area contributed by atoms with E-state index in [9.17, 15) is 14.5 Å². The molecule has 2 aromatic rings. The van der Waals surface area contributed by atoms with E-state index in [4.69, 9.17) is 0 Å². The maximum atomic E-state index is 13.7. The number of nitro benzene ring substituents is 1. The molecular weight excluding hydrogens is 237 g/mol. The van der Waals surface area contributed by atoms with E-state index in [-0.39, 0.29) is 11.4 Å². The number of non-ortho nitro benzene ring substituents is 1. The van der Waals surface area contributed by atoms with Crippen molar-refractivity contribution < 1.29 is 9.31 Å². The number of rotatable bonds is 3. The van der Waals surface area contributed by atoms with Gasteiger partial charge in [-0.15, -0.1) is 0 Å². The van der Waals surface area contributed by atoms with E-state index in [0.717, 1.165) is 17.5 Å². The molecular formula is C12H12FN3O2. The molecule has 1 aromatic carbocycles. The average Bonchev–Trinajstić information content (AvgIpc) is 2.63. The molecule has 0 unspecified atom stereocenters. The lowest BCUT2D eigenvalue weighted by Crippen LogP contribution is -2.13. The number of aryl methyl sites for hydroxylation is 2. The Morgan fingerprint density at radius 1 is 1.22 bits per heavy atom. The van der Waals surface area contributed by atoms with Crippen LogP contribution in [0.4, 0.5) is 15.8 Å². The van der Waals surface area contributed by atoms with Crippen molar-refractivity contribution in [3.63, 3.8) is 0 Å². The Hall–Kier alpha value is -2.37. The van der Waals surface area contributed by atoms with Crippen molar-refractivity contribution >= 4 is 11.4 Å². The second-order valence-corrected chi connectivity index (χ2v) is 3.98. The average molecular weight is 249 g/mol. The summed E-state index contributed by atoms with van der Waals surface area (Å²) in [6.45, 7) is 3.76. The third-order valence-corrected chi connectivity index (χ3v) is 2.67. The fourth-order valence-corrected chi connectivity index (χ4v) is 1.67. The summed E-state index contributed by atoms with van der Waals surface area (Å²) in [5.74, 6) is -0.656. The van der Waals surface area contributed by atoms with Crippen molar-refractivity contribution in [1.82, 2.24) is 4.68 Å². The first-order valence-corrected chi connectivity index (χ1v) is 5.35. The summed E-state index contributed by atoms with van der Waals surface area (Å²) in [7, 11) is 0. The maximum Gasteiger partial charge on any atom is 0.272 e. The molecule has 0 aliphatic heterocycles. The Kier molecular flexibility index (Phi) is 3.01. The molecule has 1 heterocycles. The van der Waals surface area contributed by atoms with Crippen LogP contribution in [0, 0.1) is 29.8 Å². The highest BCUT2D eigenvalue weighted by molar-refractivity contribution is 5.50. The summed E-state index contributed by atoms with van der Waals surface area (Å²) in [4.78, 5) is 9.88. The van der Waals surface area contributed by atoms with E-state index >= 15 is 0 Å². The van der Waals surface area contributed by atoms with Crippen LogP contribution in [-0.2, 0) is 0 Å². The van der Waals surface area contributed by atoms with E-state index in [1.807, 2.05) is 26.0 Å². The summed E-state index contributed by atoms with van der Waals surface area (Å²) in [5.41, 5.74) is 4.65. The van der Waals surface area contributed by atoms with Crippen LogP contribution in [0.2, 0.25) is 0 Å². The first kappa shape index (κ1) is 12.1. The normalized spacial score (nSPS) is 10.4. The van der Waals surface area contributed by atoms with Gasteiger partial charge in [0.05, 0.1) is 16.7 Å². The van der Waals surface area contributed by atoms with E-state index < -0.39 is 10.7 Å². The number of hydrogen-bond donors (Lipinski definition) is 1. The topological polar surface area (TPSA) is 60.1 Å². The maximum absolute atomic E-state index is 13.7. The van der Waals surface area contributed by atoms with Crippen LogP contribution in [0.15, 0.2) is 30.3 Å². The number of halogens is 1. The molecule has 0 saturated carbocycles. The molecule has 0 aliphatic rings. The first-order valence-electron chi connectivity index (χ1n) is 5.35. The molecule has 1 aromatic heterocycles. The van der Waals surface area contributed by atoms with Crippen LogP contribution in [0.5, 0.6) is 0 Å². The van der Waals surface area contributed by atoms with Gasteiger partial charge in [0.25, 0.3) is 5.69 Å². The van der Waals surface area contributed by atoms with Crippen molar-refractivity contribution in [1.29, 1.82) is 0 Å². The molecule has 0 saturated heterocycles. The van der Waals surface area contributed by atoms with Crippen molar-refractivity contribution in [3.05, 3.63) is 57.7 Å². The Labute approximate surface area is 103 Å². The van der Waals surface area contributed by atoms with Crippen molar-refractivity contribution in [3.8, 4) is 0 Å². The summed E-state index contributed by atoms with van der Waals surface area (Å²) in [5, 5.41) is 10.5. The molecule has 0 fully saturated rings. The number of anilines is 1. The Morgan fingerprint density at radius 3 is 2.33 bits per heavy atom. The second kappa shape index (κ2) is 4.48. The minimum atomic E-state index is -0.656. The number of hydrogen-bond acceptors (Lipinski definition) is 3. The Morgan fingerprint density at radius 2 is 1.83 bits per heavy atom. The zero-order valence-corrected chi connectivity index (χ0v) is 9.98. The zero-order chi connectivity index (χ0) is 13.3. The summed E-state index contributed by atoms with van der Waals surface area (Å²) in [6, 6.07) is 7.31. The summed E-state index contributed by atoms with van der Waals surface area (Å²) < 4.78 is 15.4. The largest absolute Gasteiger partial charge is 0.291 e. The fraction of sp³-hybridized carbons (Fsp3) is 0.167. The molecule has 0 amide bonds. The molecule has 0 spiro atoms. The smallest absolute Gasteiger partial charge is 0.272 e. The lowest BCUT2D eigenvalue weighted by Gasteiger charge is -2.13. The molecule has 2 rings (SSSR count). The summed E-state index contributed by atoms with van der Waals surface area (Å²) in [6.07, 6.45) is 0. The van der Waals surface area contributed by atoms with Gasteiger partial charge in [0.1, 0.15) is 0 Å². The monoisotopic (exact) mass is 249 g/mol. The van der Waals surface area contributed by atoms with Crippen LogP contribution in [0.25, 0.3) is 0 Å². The first-order chi connectivity index (χ1) is 8.49. The number of nitrogens with zero attached hydrogens (tertiary/aromatic N) is 2. The van der Waals surface area contributed by atoms with Crippen molar-refractivity contribution in [2.24, 2.45) is 0 Å². The van der Waals surface area contributed by atoms with Gasteiger partial charge in [0.15, 0.2) is 5.82 Å². The number of nitrogens with one attached hydrogen (secondary N) is 1. The minimum Gasteiger partial charge on any atom is -0.291 e. The highest BCUT2D eigenvalue weighted by Crippen LogP contribution is 2.21. The Balaban J connectivity index is 2.33. The molecule has 94 valence electrons. The molecule has 18 heavy (non-hydrogen) atoms. The highest BCUT2D eigenvalue weighted by atomic mass is 19.1. The predicted octanol–water partition coefficient (Wildman–Crippen LogP) is 3.03. The predicted molar refractivity (Wildman–Crippen MR) is 66.0 cm³/mol. The standard InChI is InChI=1S/C12H12FN3O2/c1-8-3-4-9(2)15(8)14-12-6-5-10(16(17)18)7-11(12)13/h3-7,14H,1-2H3. The van der Waals surface area contributed by atoms with Crippen LogP contribution < -0.4 is 5.43 Å². The molecule has 0 radical (unpaired) electrons. The van der Waals surface area contributed by atoms with E-state index in [0.29, 0.717) is 0 Å². The third-order valence-electron chi connectivity index (χ3n) is 2.67. The zero-order valence-electron chi connectivity index (χ0n) is 9.98. The van der Waals surface area contributed by atoms with E-state index in [1.54, 1.807) is 4.68 Å². The van der Waals surface area contributed by atoms with Crippen LogP contribution in [-0.4, -0.2) is 9.60 Å². The van der Waals surface area contributed by atoms with Gasteiger partial charge >= 0.3 is 0 Å². The van der Waals surface area contributed by atoms with Gasteiger partial charge in [-0.3, -0.25) is 20.2 Å². The van der Waals surface area contributed by atoms with Gasteiger partial charge < -0.3 is 0 Å². The fourth-order valence-electron chi connectivity index (χ4n) is 1.67.